The molecule has 112 valence electrons. The molecule has 7 nitrogen and oxygen atoms in total. The molecule has 4 N–H and O–H groups in total. The molecule has 1 fully saturated rings. The second-order valence-corrected chi connectivity index (χ2v) is 5.55. The molecular weight excluding hydrogens is 278 g/mol. The molecule has 1 aromatic heterocycles. The van der Waals surface area contributed by atoms with Crippen LogP contribution in [0.1, 0.15) is 16.1 Å². The summed E-state index contributed by atoms with van der Waals surface area (Å²) in [4.78, 5) is 19.0. The number of rotatable bonds is 5. The highest BCUT2D eigenvalue weighted by Gasteiger charge is 2.22. The van der Waals surface area contributed by atoms with Crippen molar-refractivity contribution in [2.24, 2.45) is 0 Å². The van der Waals surface area contributed by atoms with Gasteiger partial charge in [-0.1, -0.05) is 11.3 Å². The molecule has 1 saturated heterocycles. The number of methoxy groups -OCH3 is 1. The summed E-state index contributed by atoms with van der Waals surface area (Å²) in [7, 11) is 1.64. The van der Waals surface area contributed by atoms with E-state index in [0.717, 1.165) is 26.1 Å². The fourth-order valence-electron chi connectivity index (χ4n) is 2.01. The maximum absolute atomic E-state index is 12.5. The number of ether oxygens (including phenoxy) is 1. The van der Waals surface area contributed by atoms with Crippen molar-refractivity contribution in [1.29, 1.82) is 0 Å². The number of thiazole rings is 1. The molecule has 0 aliphatic carbocycles. The van der Waals surface area contributed by atoms with Gasteiger partial charge in [0.05, 0.1) is 6.61 Å². The predicted molar refractivity (Wildman–Crippen MR) is 80.3 cm³/mol. The number of hydrogen-bond donors (Lipinski definition) is 3. The van der Waals surface area contributed by atoms with Gasteiger partial charge in [-0.3, -0.25) is 4.79 Å². The van der Waals surface area contributed by atoms with Crippen LogP contribution in [0.3, 0.4) is 0 Å². The summed E-state index contributed by atoms with van der Waals surface area (Å²) in [5.74, 6) is 0.278. The Kier molecular flexibility index (Phi) is 5.57. The highest BCUT2D eigenvalue weighted by Crippen LogP contribution is 2.26. The highest BCUT2D eigenvalue weighted by atomic mass is 32.1. The number of aromatic nitrogens is 1. The van der Waals surface area contributed by atoms with Gasteiger partial charge in [-0.15, -0.1) is 0 Å². The topological polar surface area (TPSA) is 92.5 Å². The summed E-state index contributed by atoms with van der Waals surface area (Å²) in [5.41, 5.74) is 5.86. The van der Waals surface area contributed by atoms with E-state index in [1.807, 2.05) is 4.90 Å². The van der Waals surface area contributed by atoms with E-state index in [1.165, 1.54) is 11.3 Å². The van der Waals surface area contributed by atoms with Crippen molar-refractivity contribution in [3.8, 4) is 0 Å². The summed E-state index contributed by atoms with van der Waals surface area (Å²) in [5, 5.41) is 7.03. The Hall–Kier alpha value is -1.38. The van der Waals surface area contributed by atoms with Gasteiger partial charge in [0.1, 0.15) is 10.7 Å². The number of carbonyl (C=O) groups excluding carboxylic acids is 1. The molecule has 2 heterocycles. The van der Waals surface area contributed by atoms with Gasteiger partial charge in [-0.25, -0.2) is 4.98 Å². The van der Waals surface area contributed by atoms with Crippen molar-refractivity contribution < 1.29 is 9.53 Å². The fraction of sp³-hybridized carbons (Fsp3) is 0.667. The van der Waals surface area contributed by atoms with Crippen molar-refractivity contribution in [2.75, 3.05) is 57.5 Å². The number of anilines is 2. The molecule has 1 amide bonds. The molecule has 0 unspecified atom stereocenters. The fourth-order valence-corrected chi connectivity index (χ4v) is 2.89. The molecule has 1 aliphatic rings. The van der Waals surface area contributed by atoms with Gasteiger partial charge < -0.3 is 26.0 Å². The van der Waals surface area contributed by atoms with Gasteiger partial charge in [0.15, 0.2) is 5.13 Å². The summed E-state index contributed by atoms with van der Waals surface area (Å²) in [6, 6.07) is 0. The van der Waals surface area contributed by atoms with E-state index in [9.17, 15) is 4.79 Å². The highest BCUT2D eigenvalue weighted by molar-refractivity contribution is 7.18. The first-order valence-electron chi connectivity index (χ1n) is 6.71. The number of amides is 1. The van der Waals surface area contributed by atoms with Crippen molar-refractivity contribution in [3.63, 3.8) is 0 Å². The van der Waals surface area contributed by atoms with Crippen LogP contribution in [0, 0.1) is 0 Å². The lowest BCUT2D eigenvalue weighted by Crippen LogP contribution is -2.34. The molecule has 0 saturated carbocycles. The van der Waals surface area contributed by atoms with E-state index >= 15 is 0 Å². The van der Waals surface area contributed by atoms with Crippen LogP contribution in [-0.2, 0) is 4.74 Å². The van der Waals surface area contributed by atoms with Crippen LogP contribution < -0.4 is 16.4 Å². The third-order valence-electron chi connectivity index (χ3n) is 3.06. The molecule has 8 heteroatoms. The van der Waals surface area contributed by atoms with Gasteiger partial charge >= 0.3 is 0 Å². The minimum absolute atomic E-state index is 0.0245. The Bertz CT molecular complexity index is 443. The smallest absolute Gasteiger partial charge is 0.267 e. The molecule has 0 bridgehead atoms. The van der Waals surface area contributed by atoms with E-state index in [4.69, 9.17) is 10.5 Å². The van der Waals surface area contributed by atoms with Crippen LogP contribution in [0.2, 0.25) is 0 Å². The lowest BCUT2D eigenvalue weighted by Gasteiger charge is -2.18. The summed E-state index contributed by atoms with van der Waals surface area (Å²) in [6.07, 6.45) is 0.962. The zero-order valence-electron chi connectivity index (χ0n) is 11.6. The van der Waals surface area contributed by atoms with Gasteiger partial charge in [-0.2, -0.15) is 0 Å². The minimum atomic E-state index is -0.0245. The zero-order chi connectivity index (χ0) is 14.4. The van der Waals surface area contributed by atoms with E-state index in [1.54, 1.807) is 7.11 Å². The summed E-state index contributed by atoms with van der Waals surface area (Å²) < 4.78 is 4.96. The first-order valence-corrected chi connectivity index (χ1v) is 7.53. The SMILES string of the molecule is COCCNc1nc(N)c(C(=O)N2CCCNCC2)s1. The van der Waals surface area contributed by atoms with Crippen molar-refractivity contribution in [2.45, 2.75) is 6.42 Å². The van der Waals surface area contributed by atoms with Crippen LogP contribution in [0.5, 0.6) is 0 Å². The maximum atomic E-state index is 12.5. The van der Waals surface area contributed by atoms with Crippen molar-refractivity contribution in [1.82, 2.24) is 15.2 Å². The Morgan fingerprint density at radius 2 is 2.40 bits per heavy atom. The Morgan fingerprint density at radius 1 is 1.55 bits per heavy atom. The molecule has 1 aliphatic heterocycles. The Balaban J connectivity index is 2.01. The number of carbonyl (C=O) groups is 1. The third kappa shape index (κ3) is 3.81. The predicted octanol–water partition coefficient (Wildman–Crippen LogP) is 0.219. The van der Waals surface area contributed by atoms with Gasteiger partial charge in [0, 0.05) is 33.3 Å². The van der Waals surface area contributed by atoms with Crippen LogP contribution >= 0.6 is 11.3 Å². The number of nitrogens with zero attached hydrogens (tertiary/aromatic N) is 2. The standard InChI is InChI=1S/C12H21N5O2S/c1-19-8-5-15-12-16-10(13)9(20-12)11(18)17-6-2-3-14-4-7-17/h14H,2-8,13H2,1H3,(H,15,16). The monoisotopic (exact) mass is 299 g/mol. The van der Waals surface area contributed by atoms with Crippen molar-refractivity contribution in [3.05, 3.63) is 4.88 Å². The molecule has 1 aromatic rings. The maximum Gasteiger partial charge on any atom is 0.267 e. The van der Waals surface area contributed by atoms with Gasteiger partial charge in [-0.05, 0) is 13.0 Å². The number of hydrogen-bond acceptors (Lipinski definition) is 7. The quantitative estimate of drug-likeness (QED) is 0.674. The Morgan fingerprint density at radius 3 is 3.20 bits per heavy atom. The van der Waals surface area contributed by atoms with Crippen LogP contribution in [0.4, 0.5) is 10.9 Å². The first kappa shape index (κ1) is 15.0. The number of nitrogen functional groups attached to an aromatic ring is 1. The molecule has 0 aromatic carbocycles. The van der Waals surface area contributed by atoms with E-state index in [-0.39, 0.29) is 5.91 Å². The lowest BCUT2D eigenvalue weighted by atomic mass is 10.3. The van der Waals surface area contributed by atoms with Gasteiger partial charge in [0.2, 0.25) is 0 Å². The van der Waals surface area contributed by atoms with Crippen molar-refractivity contribution >= 4 is 28.2 Å². The third-order valence-corrected chi connectivity index (χ3v) is 4.07. The van der Waals surface area contributed by atoms with Crippen LogP contribution in [0.15, 0.2) is 0 Å². The molecule has 0 radical (unpaired) electrons. The normalized spacial score (nSPS) is 15.9. The first-order chi connectivity index (χ1) is 9.72. The average Bonchev–Trinajstić information content (AvgIpc) is 2.67. The molecule has 2 rings (SSSR count). The van der Waals surface area contributed by atoms with Gasteiger partial charge in [0.25, 0.3) is 5.91 Å². The zero-order valence-corrected chi connectivity index (χ0v) is 12.5. The second kappa shape index (κ2) is 7.41. The molecular formula is C12H21N5O2S. The second-order valence-electron chi connectivity index (χ2n) is 4.55. The van der Waals surface area contributed by atoms with E-state index in [2.05, 4.69) is 15.6 Å². The number of nitrogens with two attached hydrogens (primary N) is 1. The largest absolute Gasteiger partial charge is 0.383 e. The molecule has 0 spiro atoms. The van der Waals surface area contributed by atoms with E-state index in [0.29, 0.717) is 35.5 Å². The summed E-state index contributed by atoms with van der Waals surface area (Å²) >= 11 is 1.30. The van der Waals surface area contributed by atoms with Crippen LogP contribution in [0.25, 0.3) is 0 Å². The lowest BCUT2D eigenvalue weighted by molar-refractivity contribution is 0.0772. The average molecular weight is 299 g/mol. The minimum Gasteiger partial charge on any atom is -0.383 e. The van der Waals surface area contributed by atoms with E-state index < -0.39 is 0 Å². The molecule has 0 atom stereocenters. The van der Waals surface area contributed by atoms with Crippen LogP contribution in [-0.4, -0.2) is 62.2 Å². The summed E-state index contributed by atoms with van der Waals surface area (Å²) in [6.45, 7) is 4.47. The Labute approximate surface area is 122 Å². The molecule has 20 heavy (non-hydrogen) atoms. The number of nitrogens with one attached hydrogen (secondary N) is 2.